The third kappa shape index (κ3) is 4.72. The number of aliphatic imine (C=N–C) groups is 1. The monoisotopic (exact) mass is 400 g/mol. The van der Waals surface area contributed by atoms with E-state index < -0.39 is 0 Å². The molecular weight excluding hydrogens is 368 g/mol. The summed E-state index contributed by atoms with van der Waals surface area (Å²) in [5.41, 5.74) is 4.13. The molecule has 4 aliphatic rings. The standard InChI is InChI=1S/C23H33ClN4/c1-3-17-13-20-14-21(20)18-6-10-28(11-7-18)12-8-19(17)15-26-23(27-16(2)24)22-5-4-9-25-22/h4-5,9,18,20-21,25H,2-3,6-8,10-15H2,1H3,(H,26,27)/b19-17+. The minimum Gasteiger partial charge on any atom is -0.359 e. The maximum absolute atomic E-state index is 6.02. The summed E-state index contributed by atoms with van der Waals surface area (Å²) < 4.78 is 0. The molecule has 28 heavy (non-hydrogen) atoms. The van der Waals surface area contributed by atoms with Gasteiger partial charge in [-0.1, -0.05) is 30.7 Å². The van der Waals surface area contributed by atoms with Crippen molar-refractivity contribution in [1.82, 2.24) is 15.2 Å². The fraction of sp³-hybridized carbons (Fsp3) is 0.609. The minimum atomic E-state index is 0.393. The van der Waals surface area contributed by atoms with Crippen molar-refractivity contribution in [2.75, 3.05) is 26.2 Å². The lowest BCUT2D eigenvalue weighted by Gasteiger charge is -2.32. The maximum atomic E-state index is 6.02. The number of hydrogen-bond acceptors (Lipinski definition) is 2. The van der Waals surface area contributed by atoms with Crippen LogP contribution in [0.1, 0.15) is 51.1 Å². The van der Waals surface area contributed by atoms with Crippen LogP contribution in [-0.2, 0) is 0 Å². The van der Waals surface area contributed by atoms with Crippen molar-refractivity contribution in [3.63, 3.8) is 0 Å². The molecule has 0 radical (unpaired) electrons. The second-order valence-corrected chi connectivity index (χ2v) is 9.09. The Morgan fingerprint density at radius 1 is 1.29 bits per heavy atom. The average molecular weight is 401 g/mol. The predicted octanol–water partition coefficient (Wildman–Crippen LogP) is 4.91. The number of aromatic nitrogens is 1. The molecular formula is C23H33ClN4. The van der Waals surface area contributed by atoms with E-state index in [2.05, 4.69) is 28.7 Å². The van der Waals surface area contributed by atoms with Gasteiger partial charge < -0.3 is 15.2 Å². The van der Waals surface area contributed by atoms with Crippen LogP contribution < -0.4 is 5.32 Å². The molecule has 3 aliphatic heterocycles. The van der Waals surface area contributed by atoms with Crippen LogP contribution in [0.4, 0.5) is 0 Å². The van der Waals surface area contributed by atoms with Crippen LogP contribution in [-0.4, -0.2) is 41.9 Å². The Labute approximate surface area is 174 Å². The Bertz CT molecular complexity index is 741. The average Bonchev–Trinajstić information content (AvgIpc) is 3.24. The van der Waals surface area contributed by atoms with E-state index >= 15 is 0 Å². The molecule has 1 saturated heterocycles. The molecule has 0 aromatic carbocycles. The lowest BCUT2D eigenvalue weighted by atomic mass is 9.90. The van der Waals surface area contributed by atoms with Gasteiger partial charge in [0.25, 0.3) is 0 Å². The molecule has 1 saturated carbocycles. The fourth-order valence-electron chi connectivity index (χ4n) is 5.18. The highest BCUT2D eigenvalue weighted by atomic mass is 35.5. The van der Waals surface area contributed by atoms with Crippen molar-refractivity contribution in [1.29, 1.82) is 0 Å². The summed E-state index contributed by atoms with van der Waals surface area (Å²) in [5.74, 6) is 3.67. The molecule has 152 valence electrons. The molecule has 0 spiro atoms. The number of nitrogens with one attached hydrogen (secondary N) is 2. The molecule has 2 fully saturated rings. The van der Waals surface area contributed by atoms with Gasteiger partial charge in [0.1, 0.15) is 11.0 Å². The van der Waals surface area contributed by atoms with Gasteiger partial charge in [-0.3, -0.25) is 4.99 Å². The zero-order valence-electron chi connectivity index (χ0n) is 17.0. The van der Waals surface area contributed by atoms with Gasteiger partial charge in [-0.05, 0) is 87.1 Å². The van der Waals surface area contributed by atoms with Gasteiger partial charge in [-0.15, -0.1) is 0 Å². The SMILES string of the molecule is C=C(Cl)NC(=NC/C1=C(\CC)CC2CC2C2CCN(CC1)CC2)c1ccc[nH]1. The molecule has 0 amide bonds. The van der Waals surface area contributed by atoms with Crippen LogP contribution in [0, 0.1) is 17.8 Å². The largest absolute Gasteiger partial charge is 0.359 e. The van der Waals surface area contributed by atoms with E-state index in [1.165, 1.54) is 50.9 Å². The molecule has 2 unspecified atom stereocenters. The molecule has 1 aliphatic carbocycles. The van der Waals surface area contributed by atoms with Crippen LogP contribution in [0.15, 0.2) is 46.2 Å². The number of piperidine rings is 1. The van der Waals surface area contributed by atoms with Gasteiger partial charge in [0.2, 0.25) is 0 Å². The molecule has 5 rings (SSSR count). The van der Waals surface area contributed by atoms with E-state index in [9.17, 15) is 0 Å². The number of halogens is 1. The second-order valence-electron chi connectivity index (χ2n) is 8.63. The zero-order chi connectivity index (χ0) is 19.5. The highest BCUT2D eigenvalue weighted by molar-refractivity contribution is 6.30. The van der Waals surface area contributed by atoms with Gasteiger partial charge in [0.05, 0.1) is 12.2 Å². The highest BCUT2D eigenvalue weighted by Gasteiger charge is 2.43. The van der Waals surface area contributed by atoms with Gasteiger partial charge in [0.15, 0.2) is 0 Å². The molecule has 5 heteroatoms. The summed E-state index contributed by atoms with van der Waals surface area (Å²) >= 11 is 6.02. The molecule has 2 atom stereocenters. The molecule has 2 N–H and O–H groups in total. The Hall–Kier alpha value is -1.52. The van der Waals surface area contributed by atoms with Crippen LogP contribution >= 0.6 is 11.6 Å². The topological polar surface area (TPSA) is 43.4 Å². The minimum absolute atomic E-state index is 0.393. The molecule has 1 aromatic heterocycles. The van der Waals surface area contributed by atoms with Gasteiger partial charge >= 0.3 is 0 Å². The number of H-pyrrole nitrogens is 1. The van der Waals surface area contributed by atoms with Crippen LogP contribution in [0.2, 0.25) is 0 Å². The lowest BCUT2D eigenvalue weighted by Crippen LogP contribution is -2.35. The van der Waals surface area contributed by atoms with Gasteiger partial charge in [0, 0.05) is 12.7 Å². The highest BCUT2D eigenvalue weighted by Crippen LogP contribution is 2.51. The van der Waals surface area contributed by atoms with Crippen LogP contribution in [0.25, 0.3) is 0 Å². The zero-order valence-corrected chi connectivity index (χ0v) is 17.8. The lowest BCUT2D eigenvalue weighted by molar-refractivity contribution is 0.171. The van der Waals surface area contributed by atoms with E-state index in [1.54, 1.807) is 5.57 Å². The first-order valence-electron chi connectivity index (χ1n) is 10.9. The first-order valence-corrected chi connectivity index (χ1v) is 11.2. The number of amidine groups is 1. The molecule has 2 bridgehead atoms. The smallest absolute Gasteiger partial charge is 0.150 e. The van der Waals surface area contributed by atoms with Crippen molar-refractivity contribution >= 4 is 17.4 Å². The third-order valence-corrected chi connectivity index (χ3v) is 7.01. The van der Waals surface area contributed by atoms with Crippen molar-refractivity contribution in [3.05, 3.63) is 46.9 Å². The molecule has 4 nitrogen and oxygen atoms in total. The number of aromatic amines is 1. The summed E-state index contributed by atoms with van der Waals surface area (Å²) in [6.07, 6.45) is 9.75. The summed E-state index contributed by atoms with van der Waals surface area (Å²) in [4.78, 5) is 10.8. The number of nitrogens with zero attached hydrogens (tertiary/aromatic N) is 2. The Kier molecular flexibility index (Phi) is 6.27. The van der Waals surface area contributed by atoms with E-state index in [-0.39, 0.29) is 0 Å². The summed E-state index contributed by atoms with van der Waals surface area (Å²) in [6, 6.07) is 3.99. The molecule has 4 heterocycles. The van der Waals surface area contributed by atoms with Crippen molar-refractivity contribution in [2.24, 2.45) is 22.7 Å². The van der Waals surface area contributed by atoms with Crippen LogP contribution in [0.5, 0.6) is 0 Å². The fourth-order valence-corrected chi connectivity index (χ4v) is 5.27. The van der Waals surface area contributed by atoms with Crippen molar-refractivity contribution in [3.8, 4) is 0 Å². The maximum Gasteiger partial charge on any atom is 0.150 e. The molecule has 1 aromatic rings. The van der Waals surface area contributed by atoms with E-state index in [0.717, 1.165) is 48.7 Å². The van der Waals surface area contributed by atoms with E-state index in [4.69, 9.17) is 16.6 Å². The number of allylic oxidation sites excluding steroid dienone is 1. The Morgan fingerprint density at radius 3 is 2.79 bits per heavy atom. The van der Waals surface area contributed by atoms with Crippen molar-refractivity contribution in [2.45, 2.75) is 45.4 Å². The summed E-state index contributed by atoms with van der Waals surface area (Å²) in [7, 11) is 0. The first kappa shape index (κ1) is 19.8. The third-order valence-electron chi connectivity index (χ3n) is 6.92. The number of hydrogen-bond donors (Lipinski definition) is 2. The van der Waals surface area contributed by atoms with E-state index in [0.29, 0.717) is 5.16 Å². The van der Waals surface area contributed by atoms with Crippen LogP contribution in [0.3, 0.4) is 0 Å². The van der Waals surface area contributed by atoms with Gasteiger partial charge in [-0.2, -0.15) is 0 Å². The Morgan fingerprint density at radius 2 is 2.11 bits per heavy atom. The summed E-state index contributed by atoms with van der Waals surface area (Å²) in [6.45, 7) is 10.6. The Balaban J connectivity index is 1.56. The first-order chi connectivity index (χ1) is 13.6. The quantitative estimate of drug-likeness (QED) is 0.319. The second kappa shape index (κ2) is 8.87. The van der Waals surface area contributed by atoms with E-state index in [1.807, 2.05) is 18.3 Å². The van der Waals surface area contributed by atoms with Crippen molar-refractivity contribution < 1.29 is 0 Å². The number of rotatable bonds is 5. The predicted molar refractivity (Wildman–Crippen MR) is 118 cm³/mol. The summed E-state index contributed by atoms with van der Waals surface area (Å²) in [5, 5.41) is 3.51. The van der Waals surface area contributed by atoms with Gasteiger partial charge in [-0.25, -0.2) is 0 Å². The number of fused-ring (bicyclic) bond motifs is 5. The normalized spacial score (nSPS) is 33.1.